The molecular formula is C22H25N3O. The maximum atomic E-state index is 10.9. The molecule has 1 heterocycles. The van der Waals surface area contributed by atoms with Gasteiger partial charge in [-0.1, -0.05) is 48.2 Å². The first-order chi connectivity index (χ1) is 12.7. The van der Waals surface area contributed by atoms with Crippen LogP contribution < -0.4 is 5.73 Å². The largest absolute Gasteiger partial charge is 0.370 e. The molecule has 0 radical (unpaired) electrons. The Hall–Kier alpha value is -2.61. The second kappa shape index (κ2) is 9.19. The second-order valence-corrected chi connectivity index (χ2v) is 6.61. The minimum Gasteiger partial charge on any atom is -0.370 e. The summed E-state index contributed by atoms with van der Waals surface area (Å²) in [6, 6.07) is 18.4. The molecule has 134 valence electrons. The van der Waals surface area contributed by atoms with Crippen LogP contribution in [-0.4, -0.2) is 48.4 Å². The van der Waals surface area contributed by atoms with Gasteiger partial charge in [-0.25, -0.2) is 0 Å². The molecule has 2 aromatic carbocycles. The molecule has 1 fully saturated rings. The molecule has 0 unspecified atom stereocenters. The fourth-order valence-electron chi connectivity index (χ4n) is 3.12. The highest BCUT2D eigenvalue weighted by atomic mass is 16.1. The van der Waals surface area contributed by atoms with E-state index in [1.165, 1.54) is 5.56 Å². The van der Waals surface area contributed by atoms with Crippen LogP contribution in [0.1, 0.15) is 23.1 Å². The molecule has 0 aromatic heterocycles. The van der Waals surface area contributed by atoms with E-state index < -0.39 is 0 Å². The van der Waals surface area contributed by atoms with Crippen molar-refractivity contribution in [3.63, 3.8) is 0 Å². The molecule has 0 bridgehead atoms. The minimum atomic E-state index is -0.224. The van der Waals surface area contributed by atoms with E-state index in [0.29, 0.717) is 6.42 Å². The van der Waals surface area contributed by atoms with Gasteiger partial charge in [-0.05, 0) is 23.8 Å². The third kappa shape index (κ3) is 5.45. The van der Waals surface area contributed by atoms with Crippen LogP contribution in [0.15, 0.2) is 54.6 Å². The van der Waals surface area contributed by atoms with Gasteiger partial charge < -0.3 is 10.6 Å². The van der Waals surface area contributed by atoms with Gasteiger partial charge in [0.05, 0.1) is 0 Å². The zero-order valence-corrected chi connectivity index (χ0v) is 15.0. The Labute approximate surface area is 155 Å². The SMILES string of the molecule is NC(=O)CCN1CCN(Cc2ccccc2C#Cc2ccccc2)CC1. The minimum absolute atomic E-state index is 0.224. The number of carbonyl (C=O) groups is 1. The van der Waals surface area contributed by atoms with Crippen molar-refractivity contribution in [3.8, 4) is 11.8 Å². The normalized spacial score (nSPS) is 15.2. The van der Waals surface area contributed by atoms with E-state index >= 15 is 0 Å². The zero-order chi connectivity index (χ0) is 18.2. The third-order valence-corrected chi connectivity index (χ3v) is 4.67. The molecule has 3 rings (SSSR count). The monoisotopic (exact) mass is 347 g/mol. The van der Waals surface area contributed by atoms with Crippen LogP contribution in [0.4, 0.5) is 0 Å². The Morgan fingerprint density at radius 3 is 2.27 bits per heavy atom. The number of carbonyl (C=O) groups excluding carboxylic acids is 1. The van der Waals surface area contributed by atoms with E-state index in [1.807, 2.05) is 36.4 Å². The summed E-state index contributed by atoms with van der Waals surface area (Å²) in [7, 11) is 0. The van der Waals surface area contributed by atoms with Gasteiger partial charge in [-0.15, -0.1) is 0 Å². The summed E-state index contributed by atoms with van der Waals surface area (Å²) in [5.74, 6) is 6.35. The van der Waals surface area contributed by atoms with Crippen LogP contribution in [0.5, 0.6) is 0 Å². The number of rotatable bonds is 5. The molecule has 0 saturated carbocycles. The summed E-state index contributed by atoms with van der Waals surface area (Å²) < 4.78 is 0. The molecular weight excluding hydrogens is 322 g/mol. The average molecular weight is 347 g/mol. The smallest absolute Gasteiger partial charge is 0.218 e. The van der Waals surface area contributed by atoms with E-state index in [2.05, 4.69) is 39.8 Å². The molecule has 1 amide bonds. The van der Waals surface area contributed by atoms with Crippen LogP contribution in [0.25, 0.3) is 0 Å². The van der Waals surface area contributed by atoms with Crippen molar-refractivity contribution in [1.29, 1.82) is 0 Å². The van der Waals surface area contributed by atoms with E-state index in [-0.39, 0.29) is 5.91 Å². The van der Waals surface area contributed by atoms with Gasteiger partial charge in [0.15, 0.2) is 0 Å². The quantitative estimate of drug-likeness (QED) is 0.843. The van der Waals surface area contributed by atoms with Crippen molar-refractivity contribution in [2.45, 2.75) is 13.0 Å². The molecule has 4 heteroatoms. The Morgan fingerprint density at radius 1 is 0.885 bits per heavy atom. The Bertz CT molecular complexity index is 784. The van der Waals surface area contributed by atoms with Gasteiger partial charge >= 0.3 is 0 Å². The molecule has 1 saturated heterocycles. The maximum Gasteiger partial charge on any atom is 0.218 e. The number of nitrogens with zero attached hydrogens (tertiary/aromatic N) is 2. The summed E-state index contributed by atoms with van der Waals surface area (Å²) in [4.78, 5) is 15.7. The summed E-state index contributed by atoms with van der Waals surface area (Å²) in [6.45, 7) is 5.63. The summed E-state index contributed by atoms with van der Waals surface area (Å²) >= 11 is 0. The van der Waals surface area contributed by atoms with Gasteiger partial charge in [0.1, 0.15) is 0 Å². The molecule has 0 atom stereocenters. The first-order valence-corrected chi connectivity index (χ1v) is 9.09. The van der Waals surface area contributed by atoms with Gasteiger partial charge in [-0.2, -0.15) is 0 Å². The van der Waals surface area contributed by atoms with Crippen molar-refractivity contribution in [2.24, 2.45) is 5.73 Å². The topological polar surface area (TPSA) is 49.6 Å². The molecule has 4 nitrogen and oxygen atoms in total. The van der Waals surface area contributed by atoms with Gasteiger partial charge in [-0.3, -0.25) is 9.69 Å². The molecule has 0 spiro atoms. The van der Waals surface area contributed by atoms with Crippen molar-refractivity contribution < 1.29 is 4.79 Å². The van der Waals surface area contributed by atoms with Gasteiger partial charge in [0, 0.05) is 56.8 Å². The average Bonchev–Trinajstić information content (AvgIpc) is 2.67. The molecule has 0 aliphatic carbocycles. The lowest BCUT2D eigenvalue weighted by Crippen LogP contribution is -2.46. The highest BCUT2D eigenvalue weighted by Crippen LogP contribution is 2.13. The number of primary amides is 1. The summed E-state index contributed by atoms with van der Waals surface area (Å²) in [6.07, 6.45) is 0.442. The number of amides is 1. The maximum absolute atomic E-state index is 10.9. The molecule has 2 aromatic rings. The fourth-order valence-corrected chi connectivity index (χ4v) is 3.12. The van der Waals surface area contributed by atoms with Crippen molar-refractivity contribution >= 4 is 5.91 Å². The van der Waals surface area contributed by atoms with Crippen LogP contribution in [-0.2, 0) is 11.3 Å². The number of benzene rings is 2. The first-order valence-electron chi connectivity index (χ1n) is 9.09. The van der Waals surface area contributed by atoms with E-state index in [1.54, 1.807) is 0 Å². The Morgan fingerprint density at radius 2 is 1.54 bits per heavy atom. The highest BCUT2D eigenvalue weighted by Gasteiger charge is 2.17. The van der Waals surface area contributed by atoms with Crippen LogP contribution in [0.2, 0.25) is 0 Å². The molecule has 1 aliphatic rings. The lowest BCUT2D eigenvalue weighted by molar-refractivity contribution is -0.118. The Balaban J connectivity index is 1.59. The number of hydrogen-bond acceptors (Lipinski definition) is 3. The van der Waals surface area contributed by atoms with Crippen molar-refractivity contribution in [2.75, 3.05) is 32.7 Å². The number of piperazine rings is 1. The van der Waals surface area contributed by atoms with Gasteiger partial charge in [0.2, 0.25) is 5.91 Å². The fraction of sp³-hybridized carbons (Fsp3) is 0.318. The predicted molar refractivity (Wildman–Crippen MR) is 104 cm³/mol. The number of hydrogen-bond donors (Lipinski definition) is 1. The predicted octanol–water partition coefficient (Wildman–Crippen LogP) is 2.08. The van der Waals surface area contributed by atoms with Gasteiger partial charge in [0.25, 0.3) is 0 Å². The number of nitrogens with two attached hydrogens (primary N) is 1. The highest BCUT2D eigenvalue weighted by molar-refractivity contribution is 5.73. The standard InChI is InChI=1S/C22H25N3O/c23-22(26)12-13-24-14-16-25(17-15-24)18-21-9-5-4-8-20(21)11-10-19-6-2-1-3-7-19/h1-9H,12-18H2,(H2,23,26). The van der Waals surface area contributed by atoms with Crippen molar-refractivity contribution in [3.05, 3.63) is 71.3 Å². The Kier molecular flexibility index (Phi) is 6.43. The van der Waals surface area contributed by atoms with E-state index in [9.17, 15) is 4.79 Å². The molecule has 26 heavy (non-hydrogen) atoms. The lowest BCUT2D eigenvalue weighted by Gasteiger charge is -2.34. The van der Waals surface area contributed by atoms with E-state index in [4.69, 9.17) is 5.73 Å². The second-order valence-electron chi connectivity index (χ2n) is 6.61. The zero-order valence-electron chi connectivity index (χ0n) is 15.0. The first kappa shape index (κ1) is 18.2. The molecule has 2 N–H and O–H groups in total. The van der Waals surface area contributed by atoms with Crippen LogP contribution in [0, 0.1) is 11.8 Å². The van der Waals surface area contributed by atoms with Crippen LogP contribution >= 0.6 is 0 Å². The molecule has 1 aliphatic heterocycles. The van der Waals surface area contributed by atoms with Crippen molar-refractivity contribution in [1.82, 2.24) is 9.80 Å². The van der Waals surface area contributed by atoms with E-state index in [0.717, 1.165) is 50.4 Å². The summed E-state index contributed by atoms with van der Waals surface area (Å²) in [5.41, 5.74) is 8.63. The third-order valence-electron chi connectivity index (χ3n) is 4.67. The lowest BCUT2D eigenvalue weighted by atomic mass is 10.1. The summed E-state index contributed by atoms with van der Waals surface area (Å²) in [5, 5.41) is 0. The van der Waals surface area contributed by atoms with Crippen LogP contribution in [0.3, 0.4) is 0 Å².